The van der Waals surface area contributed by atoms with Gasteiger partial charge in [0.05, 0.1) is 6.20 Å². The molecule has 0 saturated carbocycles. The molecule has 2 amide bonds. The summed E-state index contributed by atoms with van der Waals surface area (Å²) in [7, 11) is 1.93. The molecule has 1 atom stereocenters. The highest BCUT2D eigenvalue weighted by Crippen LogP contribution is 2.42. The van der Waals surface area contributed by atoms with E-state index in [1.54, 1.807) is 0 Å². The van der Waals surface area contributed by atoms with Gasteiger partial charge in [0.25, 0.3) is 0 Å². The lowest BCUT2D eigenvalue weighted by atomic mass is 9.79. The number of aryl methyl sites for hydroxylation is 3. The van der Waals surface area contributed by atoms with Gasteiger partial charge in [0, 0.05) is 37.9 Å². The quantitative estimate of drug-likeness (QED) is 0.915. The van der Waals surface area contributed by atoms with Crippen LogP contribution >= 0.6 is 0 Å². The molecule has 128 valence electrons. The zero-order chi connectivity index (χ0) is 17.5. The maximum absolute atomic E-state index is 12.7. The van der Waals surface area contributed by atoms with Crippen LogP contribution in [0, 0.1) is 19.3 Å². The number of hydrogen-bond donors (Lipinski definition) is 1. The monoisotopic (exact) mass is 326 g/mol. The zero-order valence-corrected chi connectivity index (χ0v) is 15.1. The van der Waals surface area contributed by atoms with Gasteiger partial charge >= 0.3 is 6.03 Å². The standard InChI is InChI=1S/C19H26N4O/c1-13-6-7-16(8-14(13)2)21-18(24)23-11-17(19(3,4)12-23)15-9-20-22(5)10-15/h6-10,17H,11-12H2,1-5H3,(H,21,24). The molecule has 2 aromatic rings. The number of urea groups is 1. The summed E-state index contributed by atoms with van der Waals surface area (Å²) >= 11 is 0. The van der Waals surface area contributed by atoms with Crippen LogP contribution in [0.5, 0.6) is 0 Å². The van der Waals surface area contributed by atoms with Crippen LogP contribution in [0.4, 0.5) is 10.5 Å². The van der Waals surface area contributed by atoms with Gasteiger partial charge < -0.3 is 10.2 Å². The third kappa shape index (κ3) is 3.16. The Balaban J connectivity index is 1.73. The Labute approximate surface area is 143 Å². The predicted octanol–water partition coefficient (Wildman–Crippen LogP) is 3.69. The highest BCUT2D eigenvalue weighted by molar-refractivity contribution is 5.89. The fourth-order valence-corrected chi connectivity index (χ4v) is 3.49. The second-order valence-corrected chi connectivity index (χ2v) is 7.60. The highest BCUT2D eigenvalue weighted by Gasteiger charge is 2.42. The lowest BCUT2D eigenvalue weighted by Crippen LogP contribution is -2.34. The van der Waals surface area contributed by atoms with Gasteiger partial charge in [0.1, 0.15) is 0 Å². The third-order valence-corrected chi connectivity index (χ3v) is 5.12. The first-order valence-corrected chi connectivity index (χ1v) is 8.38. The van der Waals surface area contributed by atoms with E-state index in [2.05, 4.69) is 44.3 Å². The molecule has 24 heavy (non-hydrogen) atoms. The topological polar surface area (TPSA) is 50.2 Å². The second kappa shape index (κ2) is 5.96. The fourth-order valence-electron chi connectivity index (χ4n) is 3.49. The summed E-state index contributed by atoms with van der Waals surface area (Å²) in [5.41, 5.74) is 4.49. The largest absolute Gasteiger partial charge is 0.323 e. The van der Waals surface area contributed by atoms with E-state index in [-0.39, 0.29) is 11.4 Å². The molecule has 5 nitrogen and oxygen atoms in total. The number of amides is 2. The average molecular weight is 326 g/mol. The molecule has 1 aromatic heterocycles. The van der Waals surface area contributed by atoms with Crippen LogP contribution in [-0.2, 0) is 7.05 Å². The smallest absolute Gasteiger partial charge is 0.321 e. The maximum Gasteiger partial charge on any atom is 0.321 e. The normalized spacial score (nSPS) is 19.5. The minimum Gasteiger partial charge on any atom is -0.323 e. The van der Waals surface area contributed by atoms with Crippen molar-refractivity contribution >= 4 is 11.7 Å². The Bertz CT molecular complexity index is 762. The number of nitrogens with zero attached hydrogens (tertiary/aromatic N) is 3. The molecule has 1 N–H and O–H groups in total. The van der Waals surface area contributed by atoms with Gasteiger partial charge in [-0.25, -0.2) is 4.79 Å². The fraction of sp³-hybridized carbons (Fsp3) is 0.474. The molecule has 1 aliphatic heterocycles. The molecule has 1 aliphatic rings. The molecule has 0 aliphatic carbocycles. The summed E-state index contributed by atoms with van der Waals surface area (Å²) in [5, 5.41) is 7.31. The van der Waals surface area contributed by atoms with Crippen molar-refractivity contribution in [1.82, 2.24) is 14.7 Å². The molecule has 1 saturated heterocycles. The van der Waals surface area contributed by atoms with Gasteiger partial charge in [0.15, 0.2) is 0 Å². The van der Waals surface area contributed by atoms with Crippen molar-refractivity contribution in [2.75, 3.05) is 18.4 Å². The Hall–Kier alpha value is -2.30. The Morgan fingerprint density at radius 1 is 1.29 bits per heavy atom. The average Bonchev–Trinajstić information content (AvgIpc) is 3.05. The maximum atomic E-state index is 12.7. The molecule has 3 rings (SSSR count). The summed E-state index contributed by atoms with van der Waals surface area (Å²) in [4.78, 5) is 14.6. The highest BCUT2D eigenvalue weighted by atomic mass is 16.2. The van der Waals surface area contributed by atoms with E-state index in [1.165, 1.54) is 16.7 Å². The van der Waals surface area contributed by atoms with Crippen LogP contribution < -0.4 is 5.32 Å². The molecule has 0 spiro atoms. The van der Waals surface area contributed by atoms with Gasteiger partial charge in [0.2, 0.25) is 0 Å². The number of rotatable bonds is 2. The van der Waals surface area contributed by atoms with Crippen molar-refractivity contribution in [2.24, 2.45) is 12.5 Å². The van der Waals surface area contributed by atoms with E-state index < -0.39 is 0 Å². The van der Waals surface area contributed by atoms with E-state index in [1.807, 2.05) is 41.0 Å². The van der Waals surface area contributed by atoms with Crippen LogP contribution in [0.1, 0.15) is 36.5 Å². The van der Waals surface area contributed by atoms with Crippen LogP contribution in [0.15, 0.2) is 30.6 Å². The number of benzene rings is 1. The Morgan fingerprint density at radius 3 is 2.67 bits per heavy atom. The van der Waals surface area contributed by atoms with Crippen LogP contribution in [0.25, 0.3) is 0 Å². The first-order valence-electron chi connectivity index (χ1n) is 8.38. The number of anilines is 1. The predicted molar refractivity (Wildman–Crippen MR) is 96.2 cm³/mol. The summed E-state index contributed by atoms with van der Waals surface area (Å²) in [5.74, 6) is 0.303. The third-order valence-electron chi connectivity index (χ3n) is 5.12. The molecule has 2 heterocycles. The molecular formula is C19H26N4O. The summed E-state index contributed by atoms with van der Waals surface area (Å²) in [6.07, 6.45) is 3.97. The van der Waals surface area contributed by atoms with Crippen molar-refractivity contribution in [3.05, 3.63) is 47.3 Å². The molecule has 5 heteroatoms. The van der Waals surface area contributed by atoms with Crippen molar-refractivity contribution in [2.45, 2.75) is 33.6 Å². The van der Waals surface area contributed by atoms with Gasteiger partial charge in [-0.05, 0) is 48.1 Å². The van der Waals surface area contributed by atoms with Gasteiger partial charge in [-0.1, -0.05) is 19.9 Å². The van der Waals surface area contributed by atoms with Crippen molar-refractivity contribution in [3.63, 3.8) is 0 Å². The molecular weight excluding hydrogens is 300 g/mol. The van der Waals surface area contributed by atoms with E-state index in [0.717, 1.165) is 18.8 Å². The van der Waals surface area contributed by atoms with Gasteiger partial charge in [-0.15, -0.1) is 0 Å². The molecule has 1 unspecified atom stereocenters. The molecule has 0 bridgehead atoms. The van der Waals surface area contributed by atoms with Gasteiger partial charge in [-0.3, -0.25) is 4.68 Å². The van der Waals surface area contributed by atoms with Gasteiger partial charge in [-0.2, -0.15) is 5.10 Å². The first kappa shape index (κ1) is 16.6. The van der Waals surface area contributed by atoms with Crippen LogP contribution in [0.3, 0.4) is 0 Å². The minimum atomic E-state index is -0.0299. The summed E-state index contributed by atoms with van der Waals surface area (Å²) < 4.78 is 1.82. The summed E-state index contributed by atoms with van der Waals surface area (Å²) in [6, 6.07) is 5.99. The van der Waals surface area contributed by atoms with Crippen LogP contribution in [0.2, 0.25) is 0 Å². The molecule has 1 aromatic carbocycles. The number of carbonyl (C=O) groups is 1. The van der Waals surface area contributed by atoms with Crippen molar-refractivity contribution < 1.29 is 4.79 Å². The van der Waals surface area contributed by atoms with E-state index in [9.17, 15) is 4.79 Å². The number of likely N-dealkylation sites (tertiary alicyclic amines) is 1. The zero-order valence-electron chi connectivity index (χ0n) is 15.1. The van der Waals surface area contributed by atoms with Crippen molar-refractivity contribution in [3.8, 4) is 0 Å². The lowest BCUT2D eigenvalue weighted by molar-refractivity contribution is 0.217. The minimum absolute atomic E-state index is 0.0299. The van der Waals surface area contributed by atoms with E-state index in [4.69, 9.17) is 0 Å². The Kier molecular flexibility index (Phi) is 4.11. The lowest BCUT2D eigenvalue weighted by Gasteiger charge is -2.24. The number of carbonyl (C=O) groups excluding carboxylic acids is 1. The van der Waals surface area contributed by atoms with E-state index >= 15 is 0 Å². The van der Waals surface area contributed by atoms with Crippen molar-refractivity contribution in [1.29, 1.82) is 0 Å². The van der Waals surface area contributed by atoms with Crippen LogP contribution in [-0.4, -0.2) is 33.8 Å². The second-order valence-electron chi connectivity index (χ2n) is 7.60. The summed E-state index contributed by atoms with van der Waals surface area (Å²) in [6.45, 7) is 10.0. The number of aromatic nitrogens is 2. The first-order chi connectivity index (χ1) is 11.3. The molecule has 1 fully saturated rings. The Morgan fingerprint density at radius 2 is 2.04 bits per heavy atom. The number of hydrogen-bond acceptors (Lipinski definition) is 2. The number of nitrogens with one attached hydrogen (secondary N) is 1. The molecule has 0 radical (unpaired) electrons. The SMILES string of the molecule is Cc1ccc(NC(=O)N2CC(c3cnn(C)c3)C(C)(C)C2)cc1C. The van der Waals surface area contributed by atoms with E-state index in [0.29, 0.717) is 5.92 Å².